The average Bonchev–Trinajstić information content (AvgIpc) is 2.68. The van der Waals surface area contributed by atoms with Crippen molar-refractivity contribution in [3.05, 3.63) is 108 Å². The Kier molecular flexibility index (Phi) is 5.62. The molecule has 1 atom stereocenters. The predicted molar refractivity (Wildman–Crippen MR) is 107 cm³/mol. The van der Waals surface area contributed by atoms with Crippen molar-refractivity contribution in [2.75, 3.05) is 5.75 Å². The van der Waals surface area contributed by atoms with Gasteiger partial charge in [0.15, 0.2) is 0 Å². The van der Waals surface area contributed by atoms with Gasteiger partial charge in [-0.1, -0.05) is 91.0 Å². The van der Waals surface area contributed by atoms with Crippen LogP contribution in [0.4, 0.5) is 0 Å². The maximum atomic E-state index is 12.5. The second-order valence-corrected chi connectivity index (χ2v) is 6.68. The highest BCUT2D eigenvalue weighted by Crippen LogP contribution is 2.46. The van der Waals surface area contributed by atoms with Gasteiger partial charge in [-0.05, 0) is 28.3 Å². The molecule has 1 nitrogen and oxygen atoms in total. The van der Waals surface area contributed by atoms with Gasteiger partial charge in [0.1, 0.15) is 0 Å². The molecule has 0 aromatic heterocycles. The summed E-state index contributed by atoms with van der Waals surface area (Å²) in [5, 5.41) is -0.383. The molecule has 0 saturated heterocycles. The molecule has 0 unspecified atom stereocenters. The Balaban J connectivity index is 2.42. The first-order valence-corrected chi connectivity index (χ1v) is 9.19. The average molecular weight is 367 g/mol. The first-order valence-electron chi connectivity index (χ1n) is 8.18. The first-order chi connectivity index (χ1) is 12.2. The second-order valence-electron chi connectivity index (χ2n) is 5.95. The van der Waals surface area contributed by atoms with E-state index >= 15 is 0 Å². The van der Waals surface area contributed by atoms with Gasteiger partial charge in [0, 0.05) is 5.75 Å². The molecular weight excluding hydrogens is 348 g/mol. The minimum atomic E-state index is -0.690. The highest BCUT2D eigenvalue weighted by molar-refractivity contribution is 7.80. The lowest BCUT2D eigenvalue weighted by atomic mass is 9.62. The monoisotopic (exact) mass is 366 g/mol. The van der Waals surface area contributed by atoms with E-state index in [9.17, 15) is 4.79 Å². The van der Waals surface area contributed by atoms with Gasteiger partial charge in [-0.3, -0.25) is 4.79 Å². The fraction of sp³-hybridized carbons (Fsp3) is 0.136. The Bertz CT molecular complexity index is 722. The lowest BCUT2D eigenvalue weighted by molar-refractivity contribution is -0.115. The highest BCUT2D eigenvalue weighted by atomic mass is 35.5. The number of thiol groups is 1. The van der Waals surface area contributed by atoms with Crippen molar-refractivity contribution >= 4 is 29.5 Å². The van der Waals surface area contributed by atoms with Gasteiger partial charge >= 0.3 is 0 Å². The molecule has 0 aliphatic heterocycles. The molecule has 0 saturated carbocycles. The molecule has 126 valence electrons. The van der Waals surface area contributed by atoms with Crippen LogP contribution in [0.2, 0.25) is 0 Å². The van der Waals surface area contributed by atoms with Crippen LogP contribution in [0, 0.1) is 5.92 Å². The number of benzene rings is 3. The van der Waals surface area contributed by atoms with Crippen LogP contribution in [0.1, 0.15) is 16.7 Å². The van der Waals surface area contributed by atoms with Gasteiger partial charge in [-0.25, -0.2) is 0 Å². The van der Waals surface area contributed by atoms with E-state index < -0.39 is 11.3 Å². The van der Waals surface area contributed by atoms with Crippen LogP contribution in [0.3, 0.4) is 0 Å². The van der Waals surface area contributed by atoms with Crippen molar-refractivity contribution in [2.45, 2.75) is 5.41 Å². The maximum absolute atomic E-state index is 12.5. The summed E-state index contributed by atoms with van der Waals surface area (Å²) in [4.78, 5) is 12.5. The number of carbonyl (C=O) groups excluding carboxylic acids is 1. The predicted octanol–water partition coefficient (Wildman–Crippen LogP) is 5.33. The Morgan fingerprint density at radius 2 is 1.08 bits per heavy atom. The Morgan fingerprint density at radius 1 is 0.760 bits per heavy atom. The zero-order valence-corrected chi connectivity index (χ0v) is 15.3. The van der Waals surface area contributed by atoms with Crippen LogP contribution in [-0.2, 0) is 10.2 Å². The fourth-order valence-corrected chi connectivity index (χ4v) is 4.37. The van der Waals surface area contributed by atoms with Gasteiger partial charge in [0.25, 0.3) is 0 Å². The molecule has 0 bridgehead atoms. The molecule has 0 N–H and O–H groups in total. The lowest BCUT2D eigenvalue weighted by Gasteiger charge is -2.40. The van der Waals surface area contributed by atoms with E-state index in [2.05, 4.69) is 49.0 Å². The smallest absolute Gasteiger partial charge is 0.227 e. The first kappa shape index (κ1) is 17.8. The number of carbonyl (C=O) groups is 1. The van der Waals surface area contributed by atoms with Crippen molar-refractivity contribution in [2.24, 2.45) is 5.92 Å². The maximum Gasteiger partial charge on any atom is 0.227 e. The summed E-state index contributed by atoms with van der Waals surface area (Å²) in [5.41, 5.74) is 2.39. The van der Waals surface area contributed by atoms with Crippen LogP contribution in [0.25, 0.3) is 0 Å². The van der Waals surface area contributed by atoms with Crippen molar-refractivity contribution in [1.29, 1.82) is 0 Å². The van der Waals surface area contributed by atoms with Crippen LogP contribution in [0.5, 0.6) is 0 Å². The third-order valence-corrected chi connectivity index (χ3v) is 5.30. The van der Waals surface area contributed by atoms with Crippen LogP contribution < -0.4 is 0 Å². The second kappa shape index (κ2) is 7.90. The van der Waals surface area contributed by atoms with Crippen molar-refractivity contribution in [1.82, 2.24) is 0 Å². The third-order valence-electron chi connectivity index (χ3n) is 4.67. The molecule has 3 rings (SSSR count). The lowest BCUT2D eigenvalue weighted by Crippen LogP contribution is -2.42. The molecule has 0 amide bonds. The van der Waals surface area contributed by atoms with Crippen molar-refractivity contribution in [3.8, 4) is 0 Å². The van der Waals surface area contributed by atoms with Gasteiger partial charge in [0.2, 0.25) is 5.24 Å². The Morgan fingerprint density at radius 3 is 1.32 bits per heavy atom. The molecule has 3 aromatic carbocycles. The molecule has 3 aromatic rings. The molecule has 3 heteroatoms. The summed E-state index contributed by atoms with van der Waals surface area (Å²) in [6.07, 6.45) is 0. The Labute approximate surface area is 159 Å². The summed E-state index contributed by atoms with van der Waals surface area (Å²) in [7, 11) is 0. The molecule has 0 aliphatic rings. The van der Waals surface area contributed by atoms with E-state index in [1.165, 1.54) is 0 Å². The molecule has 0 heterocycles. The van der Waals surface area contributed by atoms with Crippen LogP contribution >= 0.6 is 24.2 Å². The number of hydrogen-bond acceptors (Lipinski definition) is 2. The van der Waals surface area contributed by atoms with E-state index in [1.807, 2.05) is 54.6 Å². The summed E-state index contributed by atoms with van der Waals surface area (Å²) >= 11 is 10.6. The summed E-state index contributed by atoms with van der Waals surface area (Å²) in [6, 6.07) is 30.2. The van der Waals surface area contributed by atoms with E-state index in [1.54, 1.807) is 0 Å². The van der Waals surface area contributed by atoms with Crippen LogP contribution in [0.15, 0.2) is 91.0 Å². The number of rotatable bonds is 6. The Hall–Kier alpha value is -2.03. The standard InChI is InChI=1S/C22H19ClOS/c23-21(24)20(16-25)22(17-10-4-1-5-11-17,18-12-6-2-7-13-18)19-14-8-3-9-15-19/h1-15,20,25H,16H2/t20-/m0/s1. The van der Waals surface area contributed by atoms with Crippen LogP contribution in [-0.4, -0.2) is 11.0 Å². The van der Waals surface area contributed by atoms with E-state index in [0.717, 1.165) is 16.7 Å². The molecule has 0 aliphatic carbocycles. The summed E-state index contributed by atoms with van der Waals surface area (Å²) in [6.45, 7) is 0. The molecule has 0 fully saturated rings. The van der Waals surface area contributed by atoms with Crippen molar-refractivity contribution < 1.29 is 4.79 Å². The molecule has 0 spiro atoms. The molecule has 0 radical (unpaired) electrons. The third kappa shape index (κ3) is 3.24. The van der Waals surface area contributed by atoms with E-state index in [-0.39, 0.29) is 5.24 Å². The topological polar surface area (TPSA) is 17.1 Å². The normalized spacial score (nSPS) is 12.6. The van der Waals surface area contributed by atoms with E-state index in [0.29, 0.717) is 5.75 Å². The van der Waals surface area contributed by atoms with Gasteiger partial charge in [0.05, 0.1) is 11.3 Å². The van der Waals surface area contributed by atoms with E-state index in [4.69, 9.17) is 11.6 Å². The summed E-state index contributed by atoms with van der Waals surface area (Å²) in [5.74, 6) is -0.147. The fourth-order valence-electron chi connectivity index (χ4n) is 3.59. The number of hydrogen-bond donors (Lipinski definition) is 1. The van der Waals surface area contributed by atoms with Crippen molar-refractivity contribution in [3.63, 3.8) is 0 Å². The minimum Gasteiger partial charge on any atom is -0.281 e. The zero-order valence-electron chi connectivity index (χ0n) is 13.7. The SMILES string of the molecule is O=C(Cl)[C@H](CS)C(c1ccccc1)(c1ccccc1)c1ccccc1. The molecule has 25 heavy (non-hydrogen) atoms. The summed E-state index contributed by atoms with van der Waals surface area (Å²) < 4.78 is 0. The van der Waals surface area contributed by atoms with Gasteiger partial charge in [-0.15, -0.1) is 0 Å². The minimum absolute atomic E-state index is 0.348. The van der Waals surface area contributed by atoms with Gasteiger partial charge < -0.3 is 0 Å². The van der Waals surface area contributed by atoms with Gasteiger partial charge in [-0.2, -0.15) is 12.6 Å². The molecular formula is C22H19ClOS. The zero-order chi connectivity index (χ0) is 17.7. The largest absolute Gasteiger partial charge is 0.281 e. The highest BCUT2D eigenvalue weighted by Gasteiger charge is 2.46. The number of halogens is 1. The quantitative estimate of drug-likeness (QED) is 0.354.